The first-order valence-electron chi connectivity index (χ1n) is 4.95. The van der Waals surface area contributed by atoms with E-state index in [1.54, 1.807) is 11.6 Å². The van der Waals surface area contributed by atoms with Crippen LogP contribution in [0.2, 0.25) is 0 Å². The third kappa shape index (κ3) is 1.60. The fraction of sp³-hybridized carbons (Fsp3) is 0.273. The third-order valence-electron chi connectivity index (χ3n) is 2.47. The summed E-state index contributed by atoms with van der Waals surface area (Å²) in [5, 5.41) is 12.3. The molecule has 2 heterocycles. The Balaban J connectivity index is 2.56. The first-order chi connectivity index (χ1) is 7.63. The molecule has 82 valence electrons. The molecule has 0 aliphatic heterocycles. The van der Waals surface area contributed by atoms with Crippen molar-refractivity contribution in [2.45, 2.75) is 20.8 Å². The van der Waals surface area contributed by atoms with Crippen LogP contribution in [-0.2, 0) is 0 Å². The van der Waals surface area contributed by atoms with Gasteiger partial charge in [-0.1, -0.05) is 0 Å². The molecule has 5 heteroatoms. The van der Waals surface area contributed by atoms with E-state index < -0.39 is 0 Å². The molecule has 0 aromatic carbocycles. The largest absolute Gasteiger partial charge is 0.298 e. The predicted octanol–water partition coefficient (Wildman–Crippen LogP) is 1.40. The summed E-state index contributed by atoms with van der Waals surface area (Å²) in [5.41, 5.74) is 2.95. The molecule has 0 radical (unpaired) electrons. The van der Waals surface area contributed by atoms with Crippen molar-refractivity contribution in [2.75, 3.05) is 0 Å². The molecule has 0 saturated carbocycles. The summed E-state index contributed by atoms with van der Waals surface area (Å²) in [6, 6.07) is 3.69. The third-order valence-corrected chi connectivity index (χ3v) is 2.47. The van der Waals surface area contributed by atoms with Gasteiger partial charge in [-0.05, 0) is 32.9 Å². The van der Waals surface area contributed by atoms with E-state index >= 15 is 0 Å². The highest BCUT2D eigenvalue weighted by Gasteiger charge is 2.12. The van der Waals surface area contributed by atoms with Gasteiger partial charge in [-0.25, -0.2) is 4.68 Å². The Labute approximate surface area is 93.1 Å². The topological polar surface area (TPSA) is 60.7 Å². The van der Waals surface area contributed by atoms with E-state index in [1.807, 2.05) is 26.0 Å². The van der Waals surface area contributed by atoms with Crippen LogP contribution in [-0.4, -0.2) is 26.3 Å². The average molecular weight is 216 g/mol. The van der Waals surface area contributed by atoms with E-state index in [0.29, 0.717) is 17.1 Å². The lowest BCUT2D eigenvalue weighted by Crippen LogP contribution is -2.03. The highest BCUT2D eigenvalue weighted by molar-refractivity contribution is 5.78. The molecule has 5 nitrogen and oxygen atoms in total. The molecule has 16 heavy (non-hydrogen) atoms. The molecule has 0 N–H and O–H groups in total. The van der Waals surface area contributed by atoms with Gasteiger partial charge in [0.2, 0.25) is 0 Å². The zero-order chi connectivity index (χ0) is 11.7. The maximum absolute atomic E-state index is 10.9. The summed E-state index contributed by atoms with van der Waals surface area (Å²) in [7, 11) is 0. The first-order valence-corrected chi connectivity index (χ1v) is 4.95. The number of carbonyl (C=O) groups is 1. The van der Waals surface area contributed by atoms with Crippen molar-refractivity contribution >= 4 is 6.29 Å². The van der Waals surface area contributed by atoms with E-state index in [9.17, 15) is 4.79 Å². The molecule has 0 amide bonds. The Morgan fingerprint density at radius 2 is 1.94 bits per heavy atom. The van der Waals surface area contributed by atoms with Crippen molar-refractivity contribution in [1.82, 2.24) is 20.0 Å². The van der Waals surface area contributed by atoms with Gasteiger partial charge < -0.3 is 0 Å². The number of hydrogen-bond donors (Lipinski definition) is 0. The van der Waals surface area contributed by atoms with Crippen LogP contribution in [0.3, 0.4) is 0 Å². The van der Waals surface area contributed by atoms with Crippen molar-refractivity contribution in [2.24, 2.45) is 0 Å². The quantitative estimate of drug-likeness (QED) is 0.712. The Morgan fingerprint density at radius 3 is 2.44 bits per heavy atom. The van der Waals surface area contributed by atoms with Gasteiger partial charge in [-0.3, -0.25) is 4.79 Å². The number of aldehydes is 1. The Bertz CT molecular complexity index is 528. The van der Waals surface area contributed by atoms with Crippen molar-refractivity contribution in [3.63, 3.8) is 0 Å². The van der Waals surface area contributed by atoms with Crippen molar-refractivity contribution in [3.05, 3.63) is 34.8 Å². The second-order valence-corrected chi connectivity index (χ2v) is 3.65. The second kappa shape index (κ2) is 3.84. The maximum atomic E-state index is 10.9. The number of aryl methyl sites for hydroxylation is 2. The van der Waals surface area contributed by atoms with Crippen LogP contribution in [0.4, 0.5) is 0 Å². The van der Waals surface area contributed by atoms with Crippen molar-refractivity contribution < 1.29 is 4.79 Å². The van der Waals surface area contributed by atoms with Crippen LogP contribution >= 0.6 is 0 Å². The van der Waals surface area contributed by atoms with Gasteiger partial charge in [0, 0.05) is 0 Å². The molecular formula is C11H12N4O. The minimum Gasteiger partial charge on any atom is -0.298 e. The van der Waals surface area contributed by atoms with Gasteiger partial charge in [0.05, 0.1) is 22.6 Å². The molecular weight excluding hydrogens is 204 g/mol. The normalized spacial score (nSPS) is 10.4. The van der Waals surface area contributed by atoms with Crippen LogP contribution in [0, 0.1) is 20.8 Å². The van der Waals surface area contributed by atoms with E-state index in [0.717, 1.165) is 17.7 Å². The number of hydrogen-bond acceptors (Lipinski definition) is 4. The zero-order valence-corrected chi connectivity index (χ0v) is 9.43. The van der Waals surface area contributed by atoms with Crippen molar-refractivity contribution in [3.8, 4) is 5.82 Å². The van der Waals surface area contributed by atoms with E-state index in [-0.39, 0.29) is 0 Å². The molecule has 2 rings (SSSR count). The molecule has 0 spiro atoms. The molecule has 0 bridgehead atoms. The summed E-state index contributed by atoms with van der Waals surface area (Å²) >= 11 is 0. The number of rotatable bonds is 2. The minimum atomic E-state index is 0.613. The molecule has 0 aliphatic carbocycles. The lowest BCUT2D eigenvalue weighted by Gasteiger charge is -2.01. The second-order valence-electron chi connectivity index (χ2n) is 3.65. The van der Waals surface area contributed by atoms with Crippen LogP contribution in [0.5, 0.6) is 0 Å². The minimum absolute atomic E-state index is 0.613. The predicted molar refractivity (Wildman–Crippen MR) is 58.8 cm³/mol. The highest BCUT2D eigenvalue weighted by Crippen LogP contribution is 2.14. The van der Waals surface area contributed by atoms with Gasteiger partial charge in [-0.15, -0.1) is 5.10 Å². The van der Waals surface area contributed by atoms with E-state index in [1.165, 1.54) is 0 Å². The first kappa shape index (κ1) is 10.5. The summed E-state index contributed by atoms with van der Waals surface area (Å²) in [6.45, 7) is 5.51. The van der Waals surface area contributed by atoms with Gasteiger partial charge in [0.15, 0.2) is 12.1 Å². The van der Waals surface area contributed by atoms with E-state index in [2.05, 4.69) is 15.3 Å². The average Bonchev–Trinajstić information content (AvgIpc) is 2.55. The molecule has 0 fully saturated rings. The fourth-order valence-electron chi connectivity index (χ4n) is 1.55. The van der Waals surface area contributed by atoms with Crippen LogP contribution < -0.4 is 0 Å². The Morgan fingerprint density at radius 1 is 1.19 bits per heavy atom. The monoisotopic (exact) mass is 216 g/mol. The Hall–Kier alpha value is -2.04. The SMILES string of the molecule is Cc1ccc(-n2nc(C)c(C=O)c2C)nn1. The molecule has 0 atom stereocenters. The summed E-state index contributed by atoms with van der Waals surface area (Å²) in [4.78, 5) is 10.9. The van der Waals surface area contributed by atoms with E-state index in [4.69, 9.17) is 0 Å². The van der Waals surface area contributed by atoms with Crippen molar-refractivity contribution in [1.29, 1.82) is 0 Å². The van der Waals surface area contributed by atoms with Gasteiger partial charge in [0.25, 0.3) is 0 Å². The van der Waals surface area contributed by atoms with Gasteiger partial charge in [0.1, 0.15) is 0 Å². The zero-order valence-electron chi connectivity index (χ0n) is 9.43. The van der Waals surface area contributed by atoms with Crippen LogP contribution in [0.15, 0.2) is 12.1 Å². The summed E-state index contributed by atoms with van der Waals surface area (Å²) < 4.78 is 1.63. The lowest BCUT2D eigenvalue weighted by atomic mass is 10.2. The lowest BCUT2D eigenvalue weighted by molar-refractivity contribution is 0.112. The van der Waals surface area contributed by atoms with Crippen LogP contribution in [0.1, 0.15) is 27.4 Å². The number of aromatic nitrogens is 4. The maximum Gasteiger partial charge on any atom is 0.175 e. The molecule has 0 unspecified atom stereocenters. The fourth-order valence-corrected chi connectivity index (χ4v) is 1.55. The standard InChI is InChI=1S/C11H12N4O/c1-7-4-5-11(13-12-7)15-9(3)10(6-16)8(2)14-15/h4-6H,1-3H3. The number of carbonyl (C=O) groups excluding carboxylic acids is 1. The number of nitrogens with zero attached hydrogens (tertiary/aromatic N) is 4. The van der Waals surface area contributed by atoms with Gasteiger partial charge >= 0.3 is 0 Å². The van der Waals surface area contributed by atoms with Crippen LogP contribution in [0.25, 0.3) is 5.82 Å². The Kier molecular flexibility index (Phi) is 2.52. The summed E-state index contributed by atoms with van der Waals surface area (Å²) in [5.74, 6) is 0.624. The summed E-state index contributed by atoms with van der Waals surface area (Å²) in [6.07, 6.45) is 0.815. The molecule has 0 aliphatic rings. The molecule has 2 aromatic heterocycles. The molecule has 2 aromatic rings. The van der Waals surface area contributed by atoms with Gasteiger partial charge in [-0.2, -0.15) is 10.2 Å². The molecule has 0 saturated heterocycles. The smallest absolute Gasteiger partial charge is 0.175 e. The highest BCUT2D eigenvalue weighted by atomic mass is 16.1.